The lowest BCUT2D eigenvalue weighted by Crippen LogP contribution is -2.48. The molecule has 0 spiro atoms. The van der Waals surface area contributed by atoms with Crippen LogP contribution >= 0.6 is 11.8 Å². The van der Waals surface area contributed by atoms with Crippen molar-refractivity contribution in [3.05, 3.63) is 5.53 Å². The number of hydrogen-bond acceptors (Lipinski definition) is 5. The molecule has 0 rings (SSSR count). The number of hydrogen-bond donors (Lipinski definition) is 2. The molecule has 0 saturated heterocycles. The monoisotopic (exact) mass is 349 g/mol. The van der Waals surface area contributed by atoms with Gasteiger partial charge in [-0.1, -0.05) is 0 Å². The van der Waals surface area contributed by atoms with Crippen LogP contribution in [-0.2, 0) is 25.6 Å². The fraction of sp³-hybridized carbons (Fsp3) is 0.667. The third kappa shape index (κ3) is 8.18. The second-order valence-electron chi connectivity index (χ2n) is 4.42. The molecule has 22 heavy (non-hydrogen) atoms. The van der Waals surface area contributed by atoms with E-state index < -0.39 is 40.1 Å². The van der Waals surface area contributed by atoms with Crippen molar-refractivity contribution in [3.8, 4) is 0 Å². The van der Waals surface area contributed by atoms with Crippen LogP contribution in [0.15, 0.2) is 0 Å². The summed E-state index contributed by atoms with van der Waals surface area (Å²) in [7, 11) is 0. The Morgan fingerprint density at radius 3 is 2.55 bits per heavy atom. The number of rotatable bonds is 11. The van der Waals surface area contributed by atoms with E-state index in [9.17, 15) is 18.9 Å². The van der Waals surface area contributed by atoms with Gasteiger partial charge in [0, 0.05) is 12.8 Å². The van der Waals surface area contributed by atoms with E-state index >= 15 is 0 Å². The standard InChI is InChI=1S/C12H19N3O5S2/c1-21-6-5-10(22(2)20)11(17)15-9(12(18)19)4-3-8(16)7-14-13/h7,9-10H,3-6H2,1-2H3,(H,15,17)(H,18,19)/t9-,10-,22?/m0/s1. The Kier molecular flexibility index (Phi) is 10.6. The molecule has 0 saturated carbocycles. The van der Waals surface area contributed by atoms with Crippen LogP contribution in [0.3, 0.4) is 0 Å². The molecule has 0 radical (unpaired) electrons. The van der Waals surface area contributed by atoms with Crippen molar-refractivity contribution >= 4 is 46.8 Å². The molecular formula is C12H19N3O5S2. The summed E-state index contributed by atoms with van der Waals surface area (Å²) in [4.78, 5) is 36.9. The van der Waals surface area contributed by atoms with Gasteiger partial charge >= 0.3 is 12.2 Å². The number of nitrogens with zero attached hydrogens (tertiary/aromatic N) is 2. The highest BCUT2D eigenvalue weighted by Gasteiger charge is 2.31. The molecule has 0 aromatic rings. The smallest absolute Gasteiger partial charge is 0.326 e. The molecule has 0 aliphatic carbocycles. The third-order valence-electron chi connectivity index (χ3n) is 2.77. The van der Waals surface area contributed by atoms with Gasteiger partial charge in [0.05, 0.1) is 6.26 Å². The number of thioether (sulfide) groups is 1. The minimum atomic E-state index is -1.42. The van der Waals surface area contributed by atoms with Crippen LogP contribution in [0.2, 0.25) is 0 Å². The Morgan fingerprint density at radius 2 is 2.09 bits per heavy atom. The van der Waals surface area contributed by atoms with Crippen molar-refractivity contribution in [2.75, 3.05) is 18.3 Å². The van der Waals surface area contributed by atoms with E-state index in [0.717, 1.165) is 0 Å². The van der Waals surface area contributed by atoms with Gasteiger partial charge in [-0.25, -0.2) is 4.79 Å². The van der Waals surface area contributed by atoms with E-state index in [4.69, 9.17) is 10.6 Å². The number of Topliss-reactive ketones (excluding diaryl/α,β-unsaturated/α-hetero) is 1. The van der Waals surface area contributed by atoms with E-state index in [1.165, 1.54) is 18.0 Å². The third-order valence-corrected chi connectivity index (χ3v) is 4.67. The number of carbonyl (C=O) groups is 3. The Hall–Kier alpha value is -1.35. The molecule has 0 bridgehead atoms. The van der Waals surface area contributed by atoms with Crippen LogP contribution in [-0.4, -0.2) is 67.9 Å². The molecule has 10 heteroatoms. The number of carboxylic acids is 1. The maximum atomic E-state index is 12.0. The highest BCUT2D eigenvalue weighted by Crippen LogP contribution is 2.10. The minimum Gasteiger partial charge on any atom is -0.616 e. The molecule has 0 aromatic carbocycles. The van der Waals surface area contributed by atoms with Crippen LogP contribution in [0.5, 0.6) is 0 Å². The van der Waals surface area contributed by atoms with Gasteiger partial charge in [-0.3, -0.25) is 9.59 Å². The van der Waals surface area contributed by atoms with Gasteiger partial charge in [0.25, 0.3) is 5.91 Å². The fourth-order valence-electron chi connectivity index (χ4n) is 1.61. The first kappa shape index (κ1) is 20.6. The van der Waals surface area contributed by atoms with Crippen molar-refractivity contribution < 1.29 is 28.8 Å². The Labute approximate surface area is 135 Å². The molecule has 0 aliphatic heterocycles. The van der Waals surface area contributed by atoms with Crippen LogP contribution < -0.4 is 5.32 Å². The molecule has 124 valence electrons. The number of aliphatic carboxylic acids is 1. The Balaban J connectivity index is 4.70. The lowest BCUT2D eigenvalue weighted by atomic mass is 10.1. The summed E-state index contributed by atoms with van der Waals surface area (Å²) in [6.45, 7) is 0. The summed E-state index contributed by atoms with van der Waals surface area (Å²) >= 11 is 0.0761. The zero-order valence-corrected chi connectivity index (χ0v) is 14.0. The number of carboxylic acid groups (broad SMARTS) is 1. The molecule has 0 fully saturated rings. The predicted molar refractivity (Wildman–Crippen MR) is 84.3 cm³/mol. The molecule has 0 aliphatic rings. The Bertz CT molecular complexity index is 452. The van der Waals surface area contributed by atoms with Gasteiger partial charge < -0.3 is 20.5 Å². The topological polar surface area (TPSA) is 143 Å². The second-order valence-corrected chi connectivity index (χ2v) is 6.97. The highest BCUT2D eigenvalue weighted by molar-refractivity contribution is 7.98. The van der Waals surface area contributed by atoms with Crippen molar-refractivity contribution in [3.63, 3.8) is 0 Å². The molecule has 3 atom stereocenters. The average Bonchev–Trinajstić information content (AvgIpc) is 2.43. The number of carbonyl (C=O) groups excluding carboxylic acids is 2. The summed E-state index contributed by atoms with van der Waals surface area (Å²) in [5.41, 5.74) is 8.20. The molecule has 2 N–H and O–H groups in total. The molecule has 0 heterocycles. The van der Waals surface area contributed by atoms with Crippen molar-refractivity contribution in [2.24, 2.45) is 0 Å². The number of nitrogens with one attached hydrogen (secondary N) is 1. The van der Waals surface area contributed by atoms with Gasteiger partial charge in [-0.05, 0) is 29.6 Å². The van der Waals surface area contributed by atoms with Gasteiger partial charge in [-0.2, -0.15) is 16.6 Å². The predicted octanol–water partition coefficient (Wildman–Crippen LogP) is -0.294. The van der Waals surface area contributed by atoms with Gasteiger partial charge in [0.2, 0.25) is 5.78 Å². The highest BCUT2D eigenvalue weighted by atomic mass is 32.2. The second kappa shape index (κ2) is 11.2. The van der Waals surface area contributed by atoms with Crippen LogP contribution in [0.1, 0.15) is 19.3 Å². The Morgan fingerprint density at radius 1 is 1.45 bits per heavy atom. The zero-order chi connectivity index (χ0) is 17.1. The lowest BCUT2D eigenvalue weighted by molar-refractivity contribution is -0.142. The average molecular weight is 349 g/mol. The molecule has 0 aromatic heterocycles. The first-order chi connectivity index (χ1) is 10.3. The molecule has 1 unspecified atom stereocenters. The first-order valence-electron chi connectivity index (χ1n) is 6.38. The first-order valence-corrected chi connectivity index (χ1v) is 9.39. The lowest BCUT2D eigenvalue weighted by Gasteiger charge is -2.20. The van der Waals surface area contributed by atoms with Crippen LogP contribution in [0.4, 0.5) is 0 Å². The number of ketones is 1. The summed E-state index contributed by atoms with van der Waals surface area (Å²) in [5.74, 6) is -1.82. The maximum absolute atomic E-state index is 12.0. The van der Waals surface area contributed by atoms with E-state index in [-0.39, 0.29) is 12.8 Å². The van der Waals surface area contributed by atoms with E-state index in [1.54, 1.807) is 0 Å². The van der Waals surface area contributed by atoms with Gasteiger partial charge in [0.1, 0.15) is 6.04 Å². The zero-order valence-electron chi connectivity index (χ0n) is 12.4. The number of amides is 1. The molecule has 8 nitrogen and oxygen atoms in total. The minimum absolute atomic E-state index is 0.141. The van der Waals surface area contributed by atoms with Crippen molar-refractivity contribution in [1.82, 2.24) is 5.32 Å². The van der Waals surface area contributed by atoms with Crippen LogP contribution in [0, 0.1) is 0 Å². The van der Waals surface area contributed by atoms with Gasteiger partial charge in [-0.15, -0.1) is 0 Å². The van der Waals surface area contributed by atoms with Crippen molar-refractivity contribution in [2.45, 2.75) is 30.6 Å². The quantitative estimate of drug-likeness (QED) is 0.227. The fourth-order valence-corrected chi connectivity index (χ4v) is 3.05. The molecule has 1 amide bonds. The van der Waals surface area contributed by atoms with E-state index in [2.05, 4.69) is 10.1 Å². The summed E-state index contributed by atoms with van der Waals surface area (Å²) < 4.78 is 11.6. The largest absolute Gasteiger partial charge is 0.616 e. The van der Waals surface area contributed by atoms with E-state index in [0.29, 0.717) is 18.4 Å². The summed E-state index contributed by atoms with van der Waals surface area (Å²) in [6, 6.07) is -1.26. The SMILES string of the molecule is CSCC[C@@H](C(=O)N[C@@H](CCC(=O)C=[N+]=[N-])C(=O)O)[S+](C)[O-]. The normalized spacial score (nSPS) is 14.3. The molecular weight excluding hydrogens is 330 g/mol. The summed E-state index contributed by atoms with van der Waals surface area (Å²) in [5, 5.41) is 10.6. The van der Waals surface area contributed by atoms with E-state index in [1.807, 2.05) is 6.26 Å². The van der Waals surface area contributed by atoms with Crippen molar-refractivity contribution in [1.29, 1.82) is 0 Å². The maximum Gasteiger partial charge on any atom is 0.326 e. The van der Waals surface area contributed by atoms with Crippen LogP contribution in [0.25, 0.3) is 5.53 Å². The van der Waals surface area contributed by atoms with Gasteiger partial charge in [0.15, 0.2) is 5.25 Å². The summed E-state index contributed by atoms with van der Waals surface area (Å²) in [6.07, 6.45) is 3.95.